The van der Waals surface area contributed by atoms with Crippen LogP contribution in [0.3, 0.4) is 0 Å². The molecule has 248 valence electrons. The second-order valence-electron chi connectivity index (χ2n) is 13.1. The Labute approximate surface area is 274 Å². The zero-order chi connectivity index (χ0) is 32.9. The Bertz CT molecular complexity index is 1660. The molecule has 0 unspecified atom stereocenters. The highest BCUT2D eigenvalue weighted by molar-refractivity contribution is 7.90. The maximum atomic E-state index is 13.5. The minimum atomic E-state index is -4.26. The summed E-state index contributed by atoms with van der Waals surface area (Å²) in [6, 6.07) is 10.4. The number of amides is 2. The zero-order valence-electron chi connectivity index (χ0n) is 26.5. The van der Waals surface area contributed by atoms with Gasteiger partial charge in [-0.05, 0) is 86.6 Å². The maximum absolute atomic E-state index is 13.5. The van der Waals surface area contributed by atoms with Crippen LogP contribution in [0.5, 0.6) is 5.75 Å². The van der Waals surface area contributed by atoms with Gasteiger partial charge in [0, 0.05) is 31.6 Å². The summed E-state index contributed by atoms with van der Waals surface area (Å²) in [5.41, 5.74) is 0.327. The first-order valence-corrected chi connectivity index (χ1v) is 17.3. The van der Waals surface area contributed by atoms with Crippen molar-refractivity contribution in [2.24, 2.45) is 11.8 Å². The molecule has 3 aliphatic heterocycles. The highest BCUT2D eigenvalue weighted by Gasteiger charge is 2.46. The quantitative estimate of drug-likeness (QED) is 0.442. The van der Waals surface area contributed by atoms with E-state index in [0.29, 0.717) is 42.6 Å². The van der Waals surface area contributed by atoms with Crippen molar-refractivity contribution < 1.29 is 37.0 Å². The molecular formula is C33H40ClN3O8S. The van der Waals surface area contributed by atoms with Crippen LogP contribution in [0, 0.1) is 11.8 Å². The van der Waals surface area contributed by atoms with Crippen molar-refractivity contribution in [2.75, 3.05) is 51.9 Å². The normalized spacial score (nSPS) is 29.1. The number of hydrogen-bond acceptors (Lipinski definition) is 9. The van der Waals surface area contributed by atoms with E-state index in [0.717, 1.165) is 24.0 Å². The molecule has 0 saturated heterocycles. The lowest BCUT2D eigenvalue weighted by Crippen LogP contribution is -2.51. The summed E-state index contributed by atoms with van der Waals surface area (Å²) >= 11 is 6.37. The topological polar surface area (TPSA) is 124 Å². The molecule has 4 aliphatic rings. The Morgan fingerprint density at radius 2 is 1.93 bits per heavy atom. The number of carbonyl (C=O) groups excluding carboxylic acids is 2. The monoisotopic (exact) mass is 673 g/mol. The van der Waals surface area contributed by atoms with Crippen LogP contribution in [0.15, 0.2) is 53.4 Å². The number of fused-ring (bicyclic) bond motifs is 4. The summed E-state index contributed by atoms with van der Waals surface area (Å²) in [6.45, 7) is 4.61. The maximum Gasteiger partial charge on any atom is 0.409 e. The van der Waals surface area contributed by atoms with E-state index in [9.17, 15) is 18.0 Å². The van der Waals surface area contributed by atoms with Gasteiger partial charge in [0.25, 0.3) is 15.9 Å². The van der Waals surface area contributed by atoms with E-state index >= 15 is 0 Å². The van der Waals surface area contributed by atoms with Crippen LogP contribution in [0.2, 0.25) is 5.02 Å². The fourth-order valence-corrected chi connectivity index (χ4v) is 7.89. The SMILES string of the molecule is CN(C)C(=O)O[C@H]1/C=C\COC(C)(C)C(=O)NS(=O)(=O)c2ccc3c(c2)N(C[C@@H]2CC[C@H]21)C[C@]1(CO3)OCCc2cc(Cl)ccc21. The predicted molar refractivity (Wildman–Crippen MR) is 172 cm³/mol. The first-order chi connectivity index (χ1) is 21.8. The van der Waals surface area contributed by atoms with E-state index < -0.39 is 39.3 Å². The highest BCUT2D eigenvalue weighted by atomic mass is 35.5. The highest BCUT2D eigenvalue weighted by Crippen LogP contribution is 2.46. The number of ether oxygens (including phenoxy) is 4. The second kappa shape index (κ2) is 12.4. The molecule has 1 aliphatic carbocycles. The average molecular weight is 674 g/mol. The fourth-order valence-electron chi connectivity index (χ4n) is 6.57. The molecule has 2 amide bonds. The molecule has 1 saturated carbocycles. The zero-order valence-corrected chi connectivity index (χ0v) is 28.0. The number of carbonyl (C=O) groups is 2. The Hall–Kier alpha value is -3.32. The van der Waals surface area contributed by atoms with Crippen molar-refractivity contribution in [2.45, 2.75) is 55.3 Å². The minimum absolute atomic E-state index is 0.00165. The fraction of sp³-hybridized carbons (Fsp3) is 0.515. The molecule has 2 aromatic carbocycles. The lowest BCUT2D eigenvalue weighted by Gasteiger charge is -2.45. The van der Waals surface area contributed by atoms with Crippen molar-refractivity contribution in [3.8, 4) is 5.75 Å². The van der Waals surface area contributed by atoms with Crippen molar-refractivity contribution >= 4 is 39.3 Å². The first kappa shape index (κ1) is 32.6. The molecule has 46 heavy (non-hydrogen) atoms. The molecule has 6 rings (SSSR count). The van der Waals surface area contributed by atoms with Gasteiger partial charge < -0.3 is 28.7 Å². The van der Waals surface area contributed by atoms with Gasteiger partial charge >= 0.3 is 6.09 Å². The molecule has 11 nitrogen and oxygen atoms in total. The molecule has 0 aromatic heterocycles. The van der Waals surface area contributed by atoms with Crippen molar-refractivity contribution in [1.82, 2.24) is 9.62 Å². The molecule has 2 bridgehead atoms. The molecule has 2 aromatic rings. The van der Waals surface area contributed by atoms with Gasteiger partial charge in [0.2, 0.25) is 0 Å². The third-order valence-electron chi connectivity index (χ3n) is 9.39. The molecule has 13 heteroatoms. The van der Waals surface area contributed by atoms with E-state index in [-0.39, 0.29) is 29.9 Å². The number of benzene rings is 2. The largest absolute Gasteiger partial charge is 0.488 e. The number of nitrogens with one attached hydrogen (secondary N) is 1. The lowest BCUT2D eigenvalue weighted by molar-refractivity contribution is -0.139. The van der Waals surface area contributed by atoms with E-state index in [1.54, 1.807) is 38.4 Å². The number of nitrogens with zero attached hydrogens (tertiary/aromatic N) is 2. The number of anilines is 1. The molecule has 3 heterocycles. The standard InChI is InChI=1S/C33H40ClN3O8S/c1-32(2)30(38)35-46(40,41)24-9-12-29-27(17-24)37(19-33(20-42-29)26-11-8-23(34)16-21(26)13-15-44-33)18-22-7-10-25(22)28(6-5-14-43-32)45-31(39)36(3)4/h5-6,8-9,11-12,16-17,22,25,28H,7,10,13-15,18-20H2,1-4H3,(H,35,38)/b6-5-/t22-,25+,28-,33+/m0/s1. The summed E-state index contributed by atoms with van der Waals surface area (Å²) in [6.07, 6.45) is 4.97. The smallest absolute Gasteiger partial charge is 0.409 e. The third-order valence-corrected chi connectivity index (χ3v) is 11.0. The Balaban J connectivity index is 1.44. The van der Waals surface area contributed by atoms with Crippen LogP contribution < -0.4 is 14.4 Å². The van der Waals surface area contributed by atoms with Crippen molar-refractivity contribution in [1.29, 1.82) is 0 Å². The molecule has 1 fully saturated rings. The molecule has 0 radical (unpaired) electrons. The Morgan fingerprint density at radius 1 is 1.13 bits per heavy atom. The van der Waals surface area contributed by atoms with E-state index in [1.807, 2.05) is 18.2 Å². The van der Waals surface area contributed by atoms with Crippen LogP contribution in [0.1, 0.15) is 37.8 Å². The van der Waals surface area contributed by atoms with Gasteiger partial charge in [-0.15, -0.1) is 0 Å². The number of halogens is 1. The lowest BCUT2D eigenvalue weighted by atomic mass is 9.70. The molecular weight excluding hydrogens is 634 g/mol. The summed E-state index contributed by atoms with van der Waals surface area (Å²) in [5, 5.41) is 0.646. The number of hydrogen-bond donors (Lipinski definition) is 1. The van der Waals surface area contributed by atoms with Crippen LogP contribution >= 0.6 is 11.6 Å². The Morgan fingerprint density at radius 3 is 2.67 bits per heavy atom. The number of sulfonamides is 1. The predicted octanol–water partition coefficient (Wildman–Crippen LogP) is 4.27. The second-order valence-corrected chi connectivity index (χ2v) is 15.2. The van der Waals surface area contributed by atoms with Crippen LogP contribution in [0.25, 0.3) is 0 Å². The van der Waals surface area contributed by atoms with Gasteiger partial charge in [0.1, 0.15) is 29.7 Å². The van der Waals surface area contributed by atoms with Crippen LogP contribution in [0.4, 0.5) is 10.5 Å². The van der Waals surface area contributed by atoms with Gasteiger partial charge in [-0.3, -0.25) is 4.79 Å². The van der Waals surface area contributed by atoms with Crippen LogP contribution in [-0.2, 0) is 41.1 Å². The van der Waals surface area contributed by atoms with Gasteiger partial charge in [0.05, 0.1) is 30.3 Å². The van der Waals surface area contributed by atoms with E-state index in [4.69, 9.17) is 30.5 Å². The molecule has 1 N–H and O–H groups in total. The van der Waals surface area contributed by atoms with E-state index in [2.05, 4.69) is 9.62 Å². The minimum Gasteiger partial charge on any atom is -0.488 e. The van der Waals surface area contributed by atoms with Crippen LogP contribution in [-0.4, -0.2) is 84.0 Å². The first-order valence-electron chi connectivity index (χ1n) is 15.5. The van der Waals surface area contributed by atoms with Gasteiger partial charge in [0.15, 0.2) is 0 Å². The van der Waals surface area contributed by atoms with Crippen molar-refractivity contribution in [3.63, 3.8) is 0 Å². The summed E-state index contributed by atoms with van der Waals surface area (Å²) in [5.74, 6) is -0.206. The summed E-state index contributed by atoms with van der Waals surface area (Å²) in [4.78, 5) is 29.3. The van der Waals surface area contributed by atoms with E-state index in [1.165, 1.54) is 24.8 Å². The Kier molecular flexibility index (Phi) is 8.77. The number of rotatable bonds is 1. The summed E-state index contributed by atoms with van der Waals surface area (Å²) in [7, 11) is -0.984. The summed E-state index contributed by atoms with van der Waals surface area (Å²) < 4.78 is 53.9. The van der Waals surface area contributed by atoms with Gasteiger partial charge in [-0.2, -0.15) is 0 Å². The van der Waals surface area contributed by atoms with Gasteiger partial charge in [-0.25, -0.2) is 17.9 Å². The van der Waals surface area contributed by atoms with Crippen molar-refractivity contribution in [3.05, 3.63) is 64.7 Å². The van der Waals surface area contributed by atoms with Gasteiger partial charge in [-0.1, -0.05) is 23.7 Å². The molecule has 1 spiro atoms. The molecule has 4 atom stereocenters. The third kappa shape index (κ3) is 6.32. The average Bonchev–Trinajstić information content (AvgIpc) is 3.13.